The van der Waals surface area contributed by atoms with Gasteiger partial charge in [-0.2, -0.15) is 0 Å². The van der Waals surface area contributed by atoms with Crippen molar-refractivity contribution in [1.29, 1.82) is 0 Å². The van der Waals surface area contributed by atoms with Gasteiger partial charge < -0.3 is 9.47 Å². The molecule has 0 spiro atoms. The van der Waals surface area contributed by atoms with Crippen LogP contribution >= 0.6 is 0 Å². The van der Waals surface area contributed by atoms with E-state index in [9.17, 15) is 4.79 Å². The summed E-state index contributed by atoms with van der Waals surface area (Å²) in [5.41, 5.74) is 6.76. The number of ether oxygens (including phenoxy) is 2. The third-order valence-corrected chi connectivity index (χ3v) is 5.24. The Hall–Kier alpha value is -4.11. The maximum atomic E-state index is 11.6. The standard InChI is InChI=1S/C30H26O3/c1-2-32-28(31)22-33-27-20-18-26(19-21-27)30(25-16-10-5-11-17-25)29(23-12-6-3-7-13-23)24-14-8-4-9-15-24/h3-21H,2,22H2,1H3. The lowest BCUT2D eigenvalue weighted by Crippen LogP contribution is -2.14. The van der Waals surface area contributed by atoms with E-state index >= 15 is 0 Å². The van der Waals surface area contributed by atoms with Crippen molar-refractivity contribution in [1.82, 2.24) is 0 Å². The van der Waals surface area contributed by atoms with Gasteiger partial charge in [-0.15, -0.1) is 0 Å². The average Bonchev–Trinajstić information content (AvgIpc) is 2.88. The number of hydrogen-bond acceptors (Lipinski definition) is 3. The van der Waals surface area contributed by atoms with Crippen LogP contribution < -0.4 is 4.74 Å². The minimum atomic E-state index is -0.373. The molecule has 33 heavy (non-hydrogen) atoms. The number of esters is 1. The highest BCUT2D eigenvalue weighted by molar-refractivity contribution is 6.04. The first kappa shape index (κ1) is 22.1. The molecule has 0 saturated carbocycles. The Labute approximate surface area is 194 Å². The van der Waals surface area contributed by atoms with E-state index in [-0.39, 0.29) is 12.6 Å². The molecule has 3 heteroatoms. The Kier molecular flexibility index (Phi) is 7.34. The van der Waals surface area contributed by atoms with E-state index in [1.807, 2.05) is 42.5 Å². The lowest BCUT2D eigenvalue weighted by atomic mass is 9.86. The normalized spacial score (nSPS) is 10.3. The molecule has 0 N–H and O–H groups in total. The van der Waals surface area contributed by atoms with Crippen molar-refractivity contribution in [2.75, 3.05) is 13.2 Å². The molecule has 0 atom stereocenters. The molecule has 4 rings (SSSR count). The molecule has 0 unspecified atom stereocenters. The highest BCUT2D eigenvalue weighted by Crippen LogP contribution is 2.37. The van der Waals surface area contributed by atoms with Crippen LogP contribution in [0.2, 0.25) is 0 Å². The van der Waals surface area contributed by atoms with Gasteiger partial charge in [0.15, 0.2) is 6.61 Å². The Morgan fingerprint density at radius 2 is 0.970 bits per heavy atom. The smallest absolute Gasteiger partial charge is 0.344 e. The molecule has 3 nitrogen and oxygen atoms in total. The van der Waals surface area contributed by atoms with Crippen LogP contribution in [-0.2, 0) is 9.53 Å². The molecule has 4 aromatic rings. The Morgan fingerprint density at radius 3 is 1.36 bits per heavy atom. The summed E-state index contributed by atoms with van der Waals surface area (Å²) in [6, 6.07) is 39.1. The van der Waals surface area contributed by atoms with Crippen LogP contribution in [0.1, 0.15) is 29.2 Å². The van der Waals surface area contributed by atoms with Crippen LogP contribution in [-0.4, -0.2) is 19.2 Å². The summed E-state index contributed by atoms with van der Waals surface area (Å²) in [5, 5.41) is 0. The van der Waals surface area contributed by atoms with E-state index < -0.39 is 0 Å². The van der Waals surface area contributed by atoms with Gasteiger partial charge in [0.05, 0.1) is 6.61 Å². The van der Waals surface area contributed by atoms with Gasteiger partial charge in [0, 0.05) is 0 Å². The first-order valence-corrected chi connectivity index (χ1v) is 11.1. The quantitative estimate of drug-likeness (QED) is 0.230. The van der Waals surface area contributed by atoms with Gasteiger partial charge in [0.25, 0.3) is 0 Å². The predicted molar refractivity (Wildman–Crippen MR) is 133 cm³/mol. The fourth-order valence-electron chi connectivity index (χ4n) is 3.79. The van der Waals surface area contributed by atoms with Crippen molar-refractivity contribution in [3.05, 3.63) is 138 Å². The van der Waals surface area contributed by atoms with E-state index in [0.29, 0.717) is 12.4 Å². The largest absolute Gasteiger partial charge is 0.482 e. The molecule has 0 amide bonds. The predicted octanol–water partition coefficient (Wildman–Crippen LogP) is 6.64. The molecular formula is C30H26O3. The Morgan fingerprint density at radius 1 is 0.576 bits per heavy atom. The van der Waals surface area contributed by atoms with Crippen molar-refractivity contribution in [2.24, 2.45) is 0 Å². The van der Waals surface area contributed by atoms with Gasteiger partial charge in [-0.25, -0.2) is 4.79 Å². The monoisotopic (exact) mass is 434 g/mol. The minimum Gasteiger partial charge on any atom is -0.482 e. The zero-order valence-corrected chi connectivity index (χ0v) is 18.6. The molecule has 0 heterocycles. The summed E-state index contributed by atoms with van der Waals surface area (Å²) in [5.74, 6) is 0.252. The first-order chi connectivity index (χ1) is 16.3. The van der Waals surface area contributed by atoms with Gasteiger partial charge in [-0.1, -0.05) is 103 Å². The number of hydrogen-bond donors (Lipinski definition) is 0. The first-order valence-electron chi connectivity index (χ1n) is 11.1. The van der Waals surface area contributed by atoms with Crippen molar-refractivity contribution in [3.63, 3.8) is 0 Å². The highest BCUT2D eigenvalue weighted by atomic mass is 16.6. The highest BCUT2D eigenvalue weighted by Gasteiger charge is 2.16. The second-order valence-electron chi connectivity index (χ2n) is 7.47. The van der Waals surface area contributed by atoms with Gasteiger partial charge >= 0.3 is 5.97 Å². The number of benzene rings is 4. The molecular weight excluding hydrogens is 408 g/mol. The lowest BCUT2D eigenvalue weighted by molar-refractivity contribution is -0.145. The maximum absolute atomic E-state index is 11.6. The molecule has 0 radical (unpaired) electrons. The molecule has 0 aromatic heterocycles. The second kappa shape index (κ2) is 11.0. The van der Waals surface area contributed by atoms with E-state index in [2.05, 4.69) is 72.8 Å². The van der Waals surface area contributed by atoms with Crippen LogP contribution in [0, 0.1) is 0 Å². The fraction of sp³-hybridized carbons (Fsp3) is 0.100. The number of carbonyl (C=O) groups excluding carboxylic acids is 1. The minimum absolute atomic E-state index is 0.103. The van der Waals surface area contributed by atoms with Crippen molar-refractivity contribution < 1.29 is 14.3 Å². The van der Waals surface area contributed by atoms with Gasteiger partial charge in [0.1, 0.15) is 5.75 Å². The molecule has 0 aliphatic carbocycles. The van der Waals surface area contributed by atoms with Crippen LogP contribution in [0.15, 0.2) is 115 Å². The third-order valence-electron chi connectivity index (χ3n) is 5.24. The topological polar surface area (TPSA) is 35.5 Å². The zero-order valence-electron chi connectivity index (χ0n) is 18.6. The lowest BCUT2D eigenvalue weighted by Gasteiger charge is -2.18. The SMILES string of the molecule is CCOC(=O)COc1ccc(C(=C(c2ccccc2)c2ccccc2)c2ccccc2)cc1. The third kappa shape index (κ3) is 5.58. The fourth-order valence-corrected chi connectivity index (χ4v) is 3.79. The van der Waals surface area contributed by atoms with Gasteiger partial charge in [-0.3, -0.25) is 0 Å². The van der Waals surface area contributed by atoms with Crippen molar-refractivity contribution in [2.45, 2.75) is 6.92 Å². The molecule has 4 aromatic carbocycles. The van der Waals surface area contributed by atoms with Crippen LogP contribution in [0.4, 0.5) is 0 Å². The summed E-state index contributed by atoms with van der Waals surface area (Å²) >= 11 is 0. The second-order valence-corrected chi connectivity index (χ2v) is 7.47. The number of carbonyl (C=O) groups is 1. The summed E-state index contributed by atoms with van der Waals surface area (Å²) in [4.78, 5) is 11.6. The van der Waals surface area contributed by atoms with Crippen molar-refractivity contribution in [3.8, 4) is 5.75 Å². The molecule has 0 bridgehead atoms. The van der Waals surface area contributed by atoms with Crippen LogP contribution in [0.5, 0.6) is 5.75 Å². The molecule has 0 aliphatic heterocycles. The summed E-state index contributed by atoms with van der Waals surface area (Å²) < 4.78 is 10.5. The van der Waals surface area contributed by atoms with Crippen LogP contribution in [0.25, 0.3) is 11.1 Å². The summed E-state index contributed by atoms with van der Waals surface area (Å²) in [6.45, 7) is 2.02. The molecule has 0 aliphatic rings. The maximum Gasteiger partial charge on any atom is 0.344 e. The van der Waals surface area contributed by atoms with E-state index in [0.717, 1.165) is 33.4 Å². The van der Waals surface area contributed by atoms with Gasteiger partial charge in [0.2, 0.25) is 0 Å². The van der Waals surface area contributed by atoms with Crippen LogP contribution in [0.3, 0.4) is 0 Å². The number of rotatable bonds is 8. The van der Waals surface area contributed by atoms with Gasteiger partial charge in [-0.05, 0) is 52.5 Å². The van der Waals surface area contributed by atoms with E-state index in [4.69, 9.17) is 9.47 Å². The Bertz CT molecular complexity index is 1150. The molecule has 0 saturated heterocycles. The average molecular weight is 435 g/mol. The van der Waals surface area contributed by atoms with E-state index in [1.54, 1.807) is 6.92 Å². The molecule has 164 valence electrons. The van der Waals surface area contributed by atoms with Crippen molar-refractivity contribution >= 4 is 17.1 Å². The Balaban J connectivity index is 1.83. The zero-order chi connectivity index (χ0) is 22.9. The summed E-state index contributed by atoms with van der Waals surface area (Å²) in [7, 11) is 0. The van der Waals surface area contributed by atoms with E-state index in [1.165, 1.54) is 0 Å². The molecule has 0 fully saturated rings. The summed E-state index contributed by atoms with van der Waals surface area (Å²) in [6.07, 6.45) is 0.